The molecule has 7 heteroatoms. The summed E-state index contributed by atoms with van der Waals surface area (Å²) in [5, 5.41) is 1.47. The average molecular weight is 286 g/mol. The van der Waals surface area contributed by atoms with Gasteiger partial charge in [-0.3, -0.25) is 4.79 Å². The summed E-state index contributed by atoms with van der Waals surface area (Å²) in [5.74, 6) is -0.612. The minimum absolute atomic E-state index is 0.103. The number of nitrogens with zero attached hydrogens (tertiary/aromatic N) is 1. The van der Waals surface area contributed by atoms with Crippen molar-refractivity contribution in [2.45, 2.75) is 23.6 Å². The van der Waals surface area contributed by atoms with Gasteiger partial charge in [0.2, 0.25) is 5.91 Å². The van der Waals surface area contributed by atoms with E-state index >= 15 is 0 Å². The van der Waals surface area contributed by atoms with Crippen LogP contribution in [0.3, 0.4) is 0 Å². The number of hydrogen-bond acceptors (Lipinski definition) is 4. The lowest BCUT2D eigenvalue weighted by molar-refractivity contribution is 0.100. The smallest absolute Gasteiger partial charge is 0.253 e. The fourth-order valence-electron chi connectivity index (χ4n) is 1.87. The van der Waals surface area contributed by atoms with Gasteiger partial charge in [0.1, 0.15) is 4.21 Å². The van der Waals surface area contributed by atoms with Crippen LogP contribution in [0.5, 0.6) is 0 Å². The van der Waals surface area contributed by atoms with Gasteiger partial charge in [-0.05, 0) is 12.5 Å². The second-order valence-corrected chi connectivity index (χ2v) is 7.03. The number of carbonyl (C=O) groups is 1. The van der Waals surface area contributed by atoms with Crippen LogP contribution < -0.4 is 5.73 Å². The molecule has 1 amide bonds. The van der Waals surface area contributed by atoms with Crippen molar-refractivity contribution in [1.29, 1.82) is 0 Å². The van der Waals surface area contributed by atoms with Crippen molar-refractivity contribution >= 4 is 27.3 Å². The fraction of sp³-hybridized carbons (Fsp3) is 0.364. The van der Waals surface area contributed by atoms with E-state index in [4.69, 9.17) is 5.73 Å². The summed E-state index contributed by atoms with van der Waals surface area (Å²) in [4.78, 5) is 11.0. The third kappa shape index (κ3) is 2.21. The molecule has 1 aliphatic rings. The lowest BCUT2D eigenvalue weighted by Crippen LogP contribution is -2.35. The van der Waals surface area contributed by atoms with E-state index in [1.165, 1.54) is 15.8 Å². The van der Waals surface area contributed by atoms with Gasteiger partial charge in [-0.2, -0.15) is 4.31 Å². The molecular formula is C11H14N2O3S2. The Morgan fingerprint density at radius 1 is 1.61 bits per heavy atom. The number of hydrogen-bond donors (Lipinski definition) is 1. The average Bonchev–Trinajstić information content (AvgIpc) is 2.98. The highest BCUT2D eigenvalue weighted by Crippen LogP contribution is 2.28. The Bertz CT molecular complexity index is 589. The lowest BCUT2D eigenvalue weighted by atomic mass is 10.2. The lowest BCUT2D eigenvalue weighted by Gasteiger charge is -2.21. The molecule has 0 aromatic carbocycles. The number of rotatable bonds is 4. The van der Waals surface area contributed by atoms with E-state index in [-0.39, 0.29) is 15.8 Å². The highest BCUT2D eigenvalue weighted by atomic mass is 32.2. The van der Waals surface area contributed by atoms with Gasteiger partial charge in [0.15, 0.2) is 0 Å². The minimum Gasteiger partial charge on any atom is -0.366 e. The van der Waals surface area contributed by atoms with E-state index in [0.29, 0.717) is 6.54 Å². The van der Waals surface area contributed by atoms with Gasteiger partial charge in [0.05, 0.1) is 5.56 Å². The molecular weight excluding hydrogens is 272 g/mol. The number of primary amides is 1. The van der Waals surface area contributed by atoms with Crippen LogP contribution in [0.1, 0.15) is 23.7 Å². The normalized spacial score (nSPS) is 20.4. The Morgan fingerprint density at radius 3 is 2.89 bits per heavy atom. The number of carbonyl (C=O) groups excluding carboxylic acids is 1. The molecule has 0 aliphatic carbocycles. The topological polar surface area (TPSA) is 80.5 Å². The zero-order valence-electron chi connectivity index (χ0n) is 9.87. The Labute approximate surface area is 110 Å². The van der Waals surface area contributed by atoms with Crippen molar-refractivity contribution in [2.75, 3.05) is 6.54 Å². The molecule has 5 nitrogen and oxygen atoms in total. The van der Waals surface area contributed by atoms with Crippen LogP contribution in [0.4, 0.5) is 0 Å². The summed E-state index contributed by atoms with van der Waals surface area (Å²) < 4.78 is 26.4. The van der Waals surface area contributed by atoms with Crippen LogP contribution in [-0.2, 0) is 10.0 Å². The van der Waals surface area contributed by atoms with Gasteiger partial charge in [0, 0.05) is 18.0 Å². The first kappa shape index (κ1) is 13.3. The Hall–Kier alpha value is -1.18. The van der Waals surface area contributed by atoms with Gasteiger partial charge < -0.3 is 5.73 Å². The SMILES string of the molecule is CCC1C=CCN1S(=O)(=O)c1cc(C(N)=O)cs1. The molecule has 18 heavy (non-hydrogen) atoms. The van der Waals surface area contributed by atoms with E-state index in [0.717, 1.165) is 17.8 Å². The predicted octanol–water partition coefficient (Wildman–Crippen LogP) is 1.19. The molecule has 2 heterocycles. The molecule has 98 valence electrons. The van der Waals surface area contributed by atoms with Crippen LogP contribution >= 0.6 is 11.3 Å². The van der Waals surface area contributed by atoms with Crippen molar-refractivity contribution in [3.8, 4) is 0 Å². The van der Waals surface area contributed by atoms with Gasteiger partial charge in [-0.1, -0.05) is 19.1 Å². The van der Waals surface area contributed by atoms with E-state index in [1.54, 1.807) is 0 Å². The van der Waals surface area contributed by atoms with Crippen LogP contribution in [0.2, 0.25) is 0 Å². The van der Waals surface area contributed by atoms with E-state index in [9.17, 15) is 13.2 Å². The fourth-order valence-corrected chi connectivity index (χ4v) is 4.77. The van der Waals surface area contributed by atoms with E-state index in [2.05, 4.69) is 0 Å². The molecule has 0 fully saturated rings. The second kappa shape index (κ2) is 4.83. The summed E-state index contributed by atoms with van der Waals surface area (Å²) in [5.41, 5.74) is 5.36. The standard InChI is InChI=1S/C11H14N2O3S2/c1-2-9-4-3-5-13(9)18(15,16)10-6-8(7-17-10)11(12)14/h3-4,6-7,9H,2,5H2,1H3,(H2,12,14). The first-order valence-electron chi connectivity index (χ1n) is 5.53. The maximum atomic E-state index is 12.4. The monoisotopic (exact) mass is 286 g/mol. The van der Waals surface area contributed by atoms with Crippen molar-refractivity contribution in [2.24, 2.45) is 5.73 Å². The molecule has 1 aliphatic heterocycles. The Balaban J connectivity index is 2.33. The molecule has 1 aromatic rings. The van der Waals surface area contributed by atoms with E-state index < -0.39 is 15.9 Å². The van der Waals surface area contributed by atoms with Crippen LogP contribution in [-0.4, -0.2) is 31.2 Å². The van der Waals surface area contributed by atoms with Gasteiger partial charge >= 0.3 is 0 Å². The van der Waals surface area contributed by atoms with Gasteiger partial charge in [0.25, 0.3) is 10.0 Å². The summed E-state index contributed by atoms with van der Waals surface area (Å²) >= 11 is 1.03. The molecule has 0 saturated heterocycles. The van der Waals surface area contributed by atoms with Crippen LogP contribution in [0, 0.1) is 0 Å². The zero-order chi connectivity index (χ0) is 13.3. The van der Waals surface area contributed by atoms with Gasteiger partial charge in [-0.25, -0.2) is 8.42 Å². The third-order valence-electron chi connectivity index (χ3n) is 2.85. The molecule has 0 bridgehead atoms. The van der Waals surface area contributed by atoms with Crippen LogP contribution in [0.25, 0.3) is 0 Å². The first-order valence-corrected chi connectivity index (χ1v) is 7.85. The van der Waals surface area contributed by atoms with E-state index in [1.807, 2.05) is 19.1 Å². The molecule has 0 spiro atoms. The highest BCUT2D eigenvalue weighted by Gasteiger charge is 2.32. The minimum atomic E-state index is -3.53. The number of nitrogens with two attached hydrogens (primary N) is 1. The molecule has 1 atom stereocenters. The largest absolute Gasteiger partial charge is 0.366 e. The Morgan fingerprint density at radius 2 is 2.33 bits per heavy atom. The molecule has 1 aromatic heterocycles. The molecule has 1 unspecified atom stereocenters. The second-order valence-electron chi connectivity index (χ2n) is 4.00. The van der Waals surface area contributed by atoms with Crippen molar-refractivity contribution in [1.82, 2.24) is 4.31 Å². The maximum Gasteiger partial charge on any atom is 0.253 e. The highest BCUT2D eigenvalue weighted by molar-refractivity contribution is 7.91. The molecule has 0 radical (unpaired) electrons. The quantitative estimate of drug-likeness (QED) is 0.844. The molecule has 0 saturated carbocycles. The maximum absolute atomic E-state index is 12.4. The summed E-state index contributed by atoms with van der Waals surface area (Å²) in [7, 11) is -3.53. The Kier molecular flexibility index (Phi) is 3.56. The number of amides is 1. The number of sulfonamides is 1. The van der Waals surface area contributed by atoms with Crippen molar-refractivity contribution in [3.05, 3.63) is 29.2 Å². The first-order chi connectivity index (χ1) is 8.46. The van der Waals surface area contributed by atoms with Crippen molar-refractivity contribution in [3.63, 3.8) is 0 Å². The summed E-state index contributed by atoms with van der Waals surface area (Å²) in [6, 6.07) is 1.24. The summed E-state index contributed by atoms with van der Waals surface area (Å²) in [6.45, 7) is 2.32. The zero-order valence-corrected chi connectivity index (χ0v) is 11.5. The molecule has 2 rings (SSSR count). The third-order valence-corrected chi connectivity index (χ3v) is 6.16. The summed E-state index contributed by atoms with van der Waals surface area (Å²) in [6.07, 6.45) is 4.46. The van der Waals surface area contributed by atoms with Crippen LogP contribution in [0.15, 0.2) is 27.8 Å². The molecule has 2 N–H and O–H groups in total. The number of thiophene rings is 1. The van der Waals surface area contributed by atoms with Gasteiger partial charge in [-0.15, -0.1) is 11.3 Å². The predicted molar refractivity (Wildman–Crippen MR) is 69.9 cm³/mol. The van der Waals surface area contributed by atoms with Crippen molar-refractivity contribution < 1.29 is 13.2 Å².